The normalized spacial score (nSPS) is 19.7. The topological polar surface area (TPSA) is 68.8 Å². The molecule has 144 valence electrons. The Morgan fingerprint density at radius 3 is 2.77 bits per heavy atom. The molecule has 0 aromatic carbocycles. The molecular weight excluding hydrogens is 350 g/mol. The van der Waals surface area contributed by atoms with Gasteiger partial charge in [-0.15, -0.1) is 11.3 Å². The minimum atomic E-state index is -0.216. The lowest BCUT2D eigenvalue weighted by molar-refractivity contribution is -0.138. The number of amides is 2. The Labute approximate surface area is 159 Å². The van der Waals surface area contributed by atoms with Crippen LogP contribution in [0.1, 0.15) is 31.9 Å². The van der Waals surface area contributed by atoms with E-state index >= 15 is 0 Å². The molecule has 1 aliphatic heterocycles. The number of aromatic nitrogens is 1. The van der Waals surface area contributed by atoms with E-state index in [4.69, 9.17) is 0 Å². The standard InChI is InChI=1S/C18H29N5O2S/c1-13-12-26-18(19-13)23-8-4-7-22(9-10-23)14(2)17(25)21(3)11-16(24)20-15-5-6-15/h12,14-15H,4-11H2,1-3H3,(H,20,24). The number of anilines is 1. The van der Waals surface area contributed by atoms with Crippen molar-refractivity contribution in [3.63, 3.8) is 0 Å². The summed E-state index contributed by atoms with van der Waals surface area (Å²) in [6.45, 7) is 7.64. The third-order valence-corrected chi connectivity index (χ3v) is 6.03. The summed E-state index contributed by atoms with van der Waals surface area (Å²) in [7, 11) is 1.72. The maximum Gasteiger partial charge on any atom is 0.239 e. The third-order valence-electron chi connectivity index (χ3n) is 5.01. The van der Waals surface area contributed by atoms with Gasteiger partial charge in [-0.25, -0.2) is 4.98 Å². The molecule has 1 aromatic heterocycles. The molecular formula is C18H29N5O2S. The summed E-state index contributed by atoms with van der Waals surface area (Å²) < 4.78 is 0. The molecule has 1 N–H and O–H groups in total. The Morgan fingerprint density at radius 2 is 2.12 bits per heavy atom. The van der Waals surface area contributed by atoms with E-state index in [1.165, 1.54) is 0 Å². The summed E-state index contributed by atoms with van der Waals surface area (Å²) in [6, 6.07) is 0.112. The van der Waals surface area contributed by atoms with Crippen molar-refractivity contribution in [3.05, 3.63) is 11.1 Å². The lowest BCUT2D eigenvalue weighted by atomic mass is 10.2. The maximum absolute atomic E-state index is 12.7. The van der Waals surface area contributed by atoms with Crippen molar-refractivity contribution in [2.24, 2.45) is 0 Å². The number of likely N-dealkylation sites (N-methyl/N-ethyl adjacent to an activating group) is 1. The molecule has 1 atom stereocenters. The smallest absolute Gasteiger partial charge is 0.239 e. The number of thiazole rings is 1. The van der Waals surface area contributed by atoms with E-state index in [2.05, 4.69) is 25.5 Å². The van der Waals surface area contributed by atoms with Crippen molar-refractivity contribution in [3.8, 4) is 0 Å². The van der Waals surface area contributed by atoms with Crippen LogP contribution in [0.3, 0.4) is 0 Å². The molecule has 7 nitrogen and oxygen atoms in total. The number of rotatable bonds is 6. The number of hydrogen-bond donors (Lipinski definition) is 1. The van der Waals surface area contributed by atoms with Gasteiger partial charge in [-0.2, -0.15) is 0 Å². The molecule has 8 heteroatoms. The van der Waals surface area contributed by atoms with Gasteiger partial charge in [0.25, 0.3) is 0 Å². The van der Waals surface area contributed by atoms with Crippen LogP contribution < -0.4 is 10.2 Å². The van der Waals surface area contributed by atoms with Crippen molar-refractivity contribution in [1.82, 2.24) is 20.1 Å². The molecule has 2 heterocycles. The van der Waals surface area contributed by atoms with Gasteiger partial charge in [0.1, 0.15) is 0 Å². The zero-order valence-electron chi connectivity index (χ0n) is 15.9. The van der Waals surface area contributed by atoms with Crippen LogP contribution in [0, 0.1) is 6.92 Å². The number of aryl methyl sites for hydroxylation is 1. The largest absolute Gasteiger partial charge is 0.352 e. The minimum Gasteiger partial charge on any atom is -0.352 e. The van der Waals surface area contributed by atoms with Crippen molar-refractivity contribution in [2.45, 2.75) is 45.2 Å². The molecule has 3 rings (SSSR count). The highest BCUT2D eigenvalue weighted by Gasteiger charge is 2.29. The van der Waals surface area contributed by atoms with Crippen molar-refractivity contribution >= 4 is 28.3 Å². The molecule has 1 unspecified atom stereocenters. The highest BCUT2D eigenvalue weighted by atomic mass is 32.1. The Hall–Kier alpha value is -1.67. The summed E-state index contributed by atoms with van der Waals surface area (Å²) >= 11 is 1.68. The fraction of sp³-hybridized carbons (Fsp3) is 0.722. The predicted octanol–water partition coefficient (Wildman–Crippen LogP) is 1.09. The monoisotopic (exact) mass is 379 g/mol. The predicted molar refractivity (Wildman–Crippen MR) is 104 cm³/mol. The van der Waals surface area contributed by atoms with Crippen molar-refractivity contribution in [1.29, 1.82) is 0 Å². The zero-order valence-corrected chi connectivity index (χ0v) is 16.7. The van der Waals surface area contributed by atoms with Crippen LogP contribution >= 0.6 is 11.3 Å². The van der Waals surface area contributed by atoms with E-state index in [9.17, 15) is 9.59 Å². The lowest BCUT2D eigenvalue weighted by Gasteiger charge is -2.30. The van der Waals surface area contributed by atoms with Gasteiger partial charge in [0.05, 0.1) is 18.3 Å². The van der Waals surface area contributed by atoms with E-state index in [1.807, 2.05) is 13.8 Å². The fourth-order valence-corrected chi connectivity index (χ4v) is 4.13. The van der Waals surface area contributed by atoms with Crippen LogP contribution in [0.4, 0.5) is 5.13 Å². The van der Waals surface area contributed by atoms with Crippen molar-refractivity contribution in [2.75, 3.05) is 44.7 Å². The first-order chi connectivity index (χ1) is 12.4. The fourth-order valence-electron chi connectivity index (χ4n) is 3.27. The van der Waals surface area contributed by atoms with Gasteiger partial charge in [0, 0.05) is 44.6 Å². The molecule has 2 amide bonds. The Morgan fingerprint density at radius 1 is 1.35 bits per heavy atom. The van der Waals surface area contributed by atoms with E-state index in [1.54, 1.807) is 23.3 Å². The van der Waals surface area contributed by atoms with E-state index in [-0.39, 0.29) is 24.4 Å². The van der Waals surface area contributed by atoms with Gasteiger partial charge >= 0.3 is 0 Å². The molecule has 0 bridgehead atoms. The Balaban J connectivity index is 1.50. The summed E-state index contributed by atoms with van der Waals surface area (Å²) in [5.41, 5.74) is 1.06. The second-order valence-corrected chi connectivity index (χ2v) is 8.20. The van der Waals surface area contributed by atoms with Crippen LogP contribution in [-0.4, -0.2) is 78.5 Å². The van der Waals surface area contributed by atoms with Crippen LogP contribution in [0.15, 0.2) is 5.38 Å². The number of carbonyl (C=O) groups is 2. The third kappa shape index (κ3) is 4.94. The van der Waals surface area contributed by atoms with Gasteiger partial charge < -0.3 is 15.1 Å². The average Bonchev–Trinajstić information content (AvgIpc) is 3.36. The van der Waals surface area contributed by atoms with Crippen LogP contribution in [0.2, 0.25) is 0 Å². The Kier molecular flexibility index (Phi) is 6.13. The first-order valence-corrected chi connectivity index (χ1v) is 10.3. The zero-order chi connectivity index (χ0) is 18.7. The quantitative estimate of drug-likeness (QED) is 0.801. The molecule has 1 aliphatic carbocycles. The summed E-state index contributed by atoms with van der Waals surface area (Å²) in [5, 5.41) is 6.08. The molecule has 26 heavy (non-hydrogen) atoms. The SMILES string of the molecule is Cc1csc(N2CCCN(C(C)C(=O)N(C)CC(=O)NC3CC3)CC2)n1. The minimum absolute atomic E-state index is 0.00879. The molecule has 1 saturated heterocycles. The average molecular weight is 380 g/mol. The highest BCUT2D eigenvalue weighted by molar-refractivity contribution is 7.13. The molecule has 1 saturated carbocycles. The van der Waals surface area contributed by atoms with Gasteiger partial charge in [-0.3, -0.25) is 14.5 Å². The number of nitrogens with one attached hydrogen (secondary N) is 1. The van der Waals surface area contributed by atoms with E-state index < -0.39 is 0 Å². The number of hydrogen-bond acceptors (Lipinski definition) is 6. The number of nitrogens with zero attached hydrogens (tertiary/aromatic N) is 4. The molecule has 1 aromatic rings. The first-order valence-electron chi connectivity index (χ1n) is 9.39. The molecule has 2 fully saturated rings. The second-order valence-electron chi connectivity index (χ2n) is 7.36. The summed E-state index contributed by atoms with van der Waals surface area (Å²) in [5.74, 6) is -0.0498. The van der Waals surface area contributed by atoms with E-state index in [0.717, 1.165) is 56.3 Å². The van der Waals surface area contributed by atoms with Gasteiger partial charge in [0.15, 0.2) is 5.13 Å². The van der Waals surface area contributed by atoms with Gasteiger partial charge in [0.2, 0.25) is 11.8 Å². The van der Waals surface area contributed by atoms with Gasteiger partial charge in [-0.1, -0.05) is 0 Å². The van der Waals surface area contributed by atoms with Gasteiger partial charge in [-0.05, 0) is 33.1 Å². The molecule has 0 spiro atoms. The molecule has 0 radical (unpaired) electrons. The second kappa shape index (κ2) is 8.35. The van der Waals surface area contributed by atoms with Crippen LogP contribution in [0.25, 0.3) is 0 Å². The Bertz CT molecular complexity index is 645. The lowest BCUT2D eigenvalue weighted by Crippen LogP contribution is -2.49. The first kappa shape index (κ1) is 19.1. The van der Waals surface area contributed by atoms with Crippen LogP contribution in [-0.2, 0) is 9.59 Å². The van der Waals surface area contributed by atoms with E-state index in [0.29, 0.717) is 6.04 Å². The van der Waals surface area contributed by atoms with Crippen LogP contribution in [0.5, 0.6) is 0 Å². The summed E-state index contributed by atoms with van der Waals surface area (Å²) in [6.07, 6.45) is 3.12. The molecule has 2 aliphatic rings. The highest BCUT2D eigenvalue weighted by Crippen LogP contribution is 2.22. The maximum atomic E-state index is 12.7. The van der Waals surface area contributed by atoms with Crippen molar-refractivity contribution < 1.29 is 9.59 Å². The summed E-state index contributed by atoms with van der Waals surface area (Å²) in [4.78, 5) is 35.3. The number of carbonyl (C=O) groups excluding carboxylic acids is 2.